The first kappa shape index (κ1) is 8.91. The van der Waals surface area contributed by atoms with Gasteiger partial charge < -0.3 is 0 Å². The molecule has 0 saturated heterocycles. The lowest BCUT2D eigenvalue weighted by Gasteiger charge is -1.93. The highest BCUT2D eigenvalue weighted by atomic mass is 32.2. The van der Waals surface area contributed by atoms with E-state index in [0.717, 1.165) is 19.3 Å². The first-order valence-electron chi connectivity index (χ1n) is 3.28. The Kier molecular flexibility index (Phi) is 7.83. The van der Waals surface area contributed by atoms with Gasteiger partial charge in [0, 0.05) is 12.2 Å². The number of terminal acetylenes is 1. The second kappa shape index (κ2) is 7.91. The van der Waals surface area contributed by atoms with Crippen LogP contribution in [0.15, 0.2) is 0 Å². The van der Waals surface area contributed by atoms with Gasteiger partial charge in [0.2, 0.25) is 0 Å². The number of hydrogen-bond donors (Lipinski definition) is 0. The lowest BCUT2D eigenvalue weighted by molar-refractivity contribution is 0.998. The maximum Gasteiger partial charge on any atom is 0.0163 e. The minimum atomic E-state index is 0.921. The Balaban J connectivity index is 2.69. The summed E-state index contributed by atoms with van der Waals surface area (Å²) in [5.74, 6) is 6.01. The Labute approximate surface area is 62.4 Å². The van der Waals surface area contributed by atoms with Crippen LogP contribution in [0.4, 0.5) is 0 Å². The SMILES string of the molecule is C#CCCCS[CH]CC. The topological polar surface area (TPSA) is 0 Å². The van der Waals surface area contributed by atoms with E-state index in [0.29, 0.717) is 0 Å². The monoisotopic (exact) mass is 141 g/mol. The van der Waals surface area contributed by atoms with Gasteiger partial charge in [-0.25, -0.2) is 0 Å². The van der Waals surface area contributed by atoms with Crippen molar-refractivity contribution < 1.29 is 0 Å². The standard InChI is InChI=1S/C8H13S/c1-3-5-6-8-9-7-4-2/h1,7H,4-6,8H2,2H3. The summed E-state index contributed by atoms with van der Waals surface area (Å²) in [5, 5.41) is 0. The highest BCUT2D eigenvalue weighted by Crippen LogP contribution is 2.09. The zero-order valence-electron chi connectivity index (χ0n) is 5.89. The Hall–Kier alpha value is -0.0900. The molecular weight excluding hydrogens is 128 g/mol. The van der Waals surface area contributed by atoms with Gasteiger partial charge >= 0.3 is 0 Å². The minimum absolute atomic E-state index is 0.921. The van der Waals surface area contributed by atoms with Crippen molar-refractivity contribution in [1.29, 1.82) is 0 Å². The van der Waals surface area contributed by atoms with Crippen LogP contribution in [0.3, 0.4) is 0 Å². The van der Waals surface area contributed by atoms with Crippen LogP contribution in [0.5, 0.6) is 0 Å². The van der Waals surface area contributed by atoms with Crippen molar-refractivity contribution in [1.82, 2.24) is 0 Å². The molecule has 0 heterocycles. The fourth-order valence-electron chi connectivity index (χ4n) is 0.459. The summed E-state index contributed by atoms with van der Waals surface area (Å²) in [5.41, 5.74) is 0. The molecule has 0 bridgehead atoms. The molecule has 0 nitrogen and oxygen atoms in total. The molecule has 9 heavy (non-hydrogen) atoms. The van der Waals surface area contributed by atoms with Gasteiger partial charge in [0.05, 0.1) is 0 Å². The zero-order valence-corrected chi connectivity index (χ0v) is 6.71. The van der Waals surface area contributed by atoms with E-state index in [4.69, 9.17) is 6.42 Å². The molecule has 0 aliphatic carbocycles. The van der Waals surface area contributed by atoms with Crippen molar-refractivity contribution in [3.05, 3.63) is 5.75 Å². The molecule has 0 unspecified atom stereocenters. The van der Waals surface area contributed by atoms with Crippen molar-refractivity contribution in [2.75, 3.05) is 5.75 Å². The first-order chi connectivity index (χ1) is 4.41. The molecule has 0 amide bonds. The molecule has 1 radical (unpaired) electrons. The van der Waals surface area contributed by atoms with Gasteiger partial charge in [0.1, 0.15) is 0 Å². The summed E-state index contributed by atoms with van der Waals surface area (Å²) >= 11 is 1.87. The van der Waals surface area contributed by atoms with Gasteiger partial charge in [-0.3, -0.25) is 0 Å². The number of thioether (sulfide) groups is 1. The third kappa shape index (κ3) is 7.91. The lowest BCUT2D eigenvalue weighted by Crippen LogP contribution is -1.76. The summed E-state index contributed by atoms with van der Waals surface area (Å²) in [6.45, 7) is 2.15. The summed E-state index contributed by atoms with van der Waals surface area (Å²) in [6.07, 6.45) is 8.30. The van der Waals surface area contributed by atoms with E-state index in [1.54, 1.807) is 0 Å². The van der Waals surface area contributed by atoms with Crippen LogP contribution in [-0.2, 0) is 0 Å². The molecule has 0 N–H and O–H groups in total. The van der Waals surface area contributed by atoms with Gasteiger partial charge in [0.25, 0.3) is 0 Å². The Morgan fingerprint density at radius 2 is 2.44 bits per heavy atom. The molecule has 0 aliphatic rings. The second-order valence-corrected chi connectivity index (χ2v) is 2.83. The van der Waals surface area contributed by atoms with Crippen molar-refractivity contribution in [2.24, 2.45) is 0 Å². The summed E-state index contributed by atoms with van der Waals surface area (Å²) < 4.78 is 0. The maximum atomic E-state index is 5.07. The van der Waals surface area contributed by atoms with Crippen molar-refractivity contribution >= 4 is 11.8 Å². The molecule has 0 fully saturated rings. The summed E-state index contributed by atoms with van der Waals surface area (Å²) in [4.78, 5) is 0. The van der Waals surface area contributed by atoms with Gasteiger partial charge in [-0.1, -0.05) is 6.92 Å². The molecule has 0 aromatic heterocycles. The average molecular weight is 141 g/mol. The summed E-state index contributed by atoms with van der Waals surface area (Å²) in [6, 6.07) is 0. The Morgan fingerprint density at radius 1 is 1.67 bits per heavy atom. The van der Waals surface area contributed by atoms with E-state index < -0.39 is 0 Å². The quantitative estimate of drug-likeness (QED) is 0.419. The van der Waals surface area contributed by atoms with Crippen LogP contribution in [0.25, 0.3) is 0 Å². The van der Waals surface area contributed by atoms with Crippen molar-refractivity contribution in [3.63, 3.8) is 0 Å². The molecule has 0 spiro atoms. The van der Waals surface area contributed by atoms with Crippen LogP contribution in [0.1, 0.15) is 26.2 Å². The average Bonchev–Trinajstić information content (AvgIpc) is 1.89. The molecule has 1 heteroatoms. The van der Waals surface area contributed by atoms with E-state index in [1.807, 2.05) is 11.8 Å². The molecule has 0 atom stereocenters. The zero-order chi connectivity index (χ0) is 6.95. The molecule has 0 aromatic rings. The smallest absolute Gasteiger partial charge is 0.0163 e. The van der Waals surface area contributed by atoms with Crippen LogP contribution < -0.4 is 0 Å². The predicted molar refractivity (Wildman–Crippen MR) is 45.1 cm³/mol. The number of hydrogen-bond acceptors (Lipinski definition) is 1. The minimum Gasteiger partial charge on any atom is -0.157 e. The van der Waals surface area contributed by atoms with Gasteiger partial charge in [0.15, 0.2) is 0 Å². The fraction of sp³-hybridized carbons (Fsp3) is 0.625. The van der Waals surface area contributed by atoms with Gasteiger partial charge in [-0.05, 0) is 18.6 Å². The Bertz CT molecular complexity index is 81.1. The number of unbranched alkanes of at least 4 members (excludes halogenated alkanes) is 1. The van der Waals surface area contributed by atoms with E-state index in [1.165, 1.54) is 5.75 Å². The van der Waals surface area contributed by atoms with Crippen LogP contribution >= 0.6 is 11.8 Å². The normalized spacial score (nSPS) is 8.89. The predicted octanol–water partition coefficient (Wildman–Crippen LogP) is 2.70. The van der Waals surface area contributed by atoms with E-state index >= 15 is 0 Å². The van der Waals surface area contributed by atoms with Crippen molar-refractivity contribution in [3.8, 4) is 12.3 Å². The van der Waals surface area contributed by atoms with Gasteiger partial charge in [-0.15, -0.1) is 12.3 Å². The molecule has 51 valence electrons. The van der Waals surface area contributed by atoms with E-state index in [9.17, 15) is 0 Å². The van der Waals surface area contributed by atoms with Crippen LogP contribution in [-0.4, -0.2) is 5.75 Å². The molecule has 0 aliphatic heterocycles. The molecule has 0 aromatic carbocycles. The van der Waals surface area contributed by atoms with Crippen LogP contribution in [0.2, 0.25) is 0 Å². The summed E-state index contributed by atoms with van der Waals surface area (Å²) in [7, 11) is 0. The van der Waals surface area contributed by atoms with E-state index in [2.05, 4.69) is 18.6 Å². The first-order valence-corrected chi connectivity index (χ1v) is 4.33. The number of rotatable bonds is 5. The highest BCUT2D eigenvalue weighted by molar-refractivity contribution is 8.01. The second-order valence-electron chi connectivity index (χ2n) is 1.75. The largest absolute Gasteiger partial charge is 0.157 e. The molecular formula is C8H13S. The maximum absolute atomic E-state index is 5.07. The van der Waals surface area contributed by atoms with E-state index in [-0.39, 0.29) is 0 Å². The third-order valence-corrected chi connectivity index (χ3v) is 1.96. The molecule has 0 rings (SSSR count). The highest BCUT2D eigenvalue weighted by Gasteiger charge is 1.85. The van der Waals surface area contributed by atoms with Gasteiger partial charge in [-0.2, -0.15) is 11.8 Å². The lowest BCUT2D eigenvalue weighted by atomic mass is 10.4. The Morgan fingerprint density at radius 3 is 3.00 bits per heavy atom. The third-order valence-electron chi connectivity index (χ3n) is 0.868. The molecule has 0 saturated carbocycles. The fourth-order valence-corrected chi connectivity index (χ4v) is 1.17. The van der Waals surface area contributed by atoms with Crippen molar-refractivity contribution in [2.45, 2.75) is 26.2 Å². The van der Waals surface area contributed by atoms with Crippen LogP contribution in [0, 0.1) is 18.1 Å².